The fourth-order valence-electron chi connectivity index (χ4n) is 2.85. The molecule has 2 aromatic rings. The molecule has 1 aliphatic rings. The van der Waals surface area contributed by atoms with Crippen LogP contribution in [0.2, 0.25) is 0 Å². The van der Waals surface area contributed by atoms with E-state index in [9.17, 15) is 0 Å². The predicted octanol–water partition coefficient (Wildman–Crippen LogP) is 2.08. The minimum absolute atomic E-state index is 0.134. The first-order valence-corrected chi connectivity index (χ1v) is 8.72. The molecule has 132 valence electrons. The highest BCUT2D eigenvalue weighted by molar-refractivity contribution is 7.80. The molecule has 1 saturated heterocycles. The van der Waals surface area contributed by atoms with Crippen molar-refractivity contribution in [2.24, 2.45) is 10.8 Å². The Morgan fingerprint density at radius 3 is 2.60 bits per heavy atom. The summed E-state index contributed by atoms with van der Waals surface area (Å²) >= 11 is 4.69. The van der Waals surface area contributed by atoms with Crippen LogP contribution in [0, 0.1) is 6.92 Å². The molecule has 1 aromatic carbocycles. The molecule has 2 heterocycles. The molecule has 3 N–H and O–H groups in total. The topological polar surface area (TPSA) is 70.0 Å². The van der Waals surface area contributed by atoms with Gasteiger partial charge in [0.1, 0.15) is 11.5 Å². The molecule has 1 fully saturated rings. The van der Waals surface area contributed by atoms with Crippen LogP contribution in [-0.4, -0.2) is 42.4 Å². The molecule has 0 saturated carbocycles. The molecule has 1 aliphatic heterocycles. The minimum atomic E-state index is 0.134. The third kappa shape index (κ3) is 5.04. The van der Waals surface area contributed by atoms with Crippen LogP contribution in [0.5, 0.6) is 0 Å². The zero-order chi connectivity index (χ0) is 17.6. The number of nitrogens with zero attached hydrogens (tertiary/aromatic N) is 3. The van der Waals surface area contributed by atoms with E-state index in [4.69, 9.17) is 10.2 Å². The van der Waals surface area contributed by atoms with Crippen LogP contribution in [0.25, 0.3) is 0 Å². The van der Waals surface area contributed by atoms with Gasteiger partial charge in [-0.05, 0) is 43.4 Å². The molecule has 0 aliphatic carbocycles. The molecule has 0 atom stereocenters. The Morgan fingerprint density at radius 2 is 1.92 bits per heavy atom. The smallest absolute Gasteiger partial charge is 0.184 e. The Morgan fingerprint density at radius 1 is 1.20 bits per heavy atom. The number of piperazine rings is 1. The zero-order valence-electron chi connectivity index (χ0n) is 14.3. The first-order chi connectivity index (χ1) is 12.1. The number of hydrogen-bond donors (Lipinski definition) is 2. The highest BCUT2D eigenvalue weighted by Crippen LogP contribution is 2.18. The van der Waals surface area contributed by atoms with Crippen LogP contribution < -0.4 is 16.1 Å². The Bertz CT molecular complexity index is 732. The predicted molar refractivity (Wildman–Crippen MR) is 105 cm³/mol. The number of furan rings is 1. The number of benzene rings is 1. The summed E-state index contributed by atoms with van der Waals surface area (Å²) in [5, 5.41) is 4.03. The second-order valence-electron chi connectivity index (χ2n) is 6.14. The largest absolute Gasteiger partial charge is 0.459 e. The van der Waals surface area contributed by atoms with Gasteiger partial charge in [-0.1, -0.05) is 17.7 Å². The van der Waals surface area contributed by atoms with Gasteiger partial charge in [0.05, 0.1) is 12.8 Å². The van der Waals surface area contributed by atoms with E-state index >= 15 is 0 Å². The zero-order valence-corrected chi connectivity index (χ0v) is 15.1. The van der Waals surface area contributed by atoms with Crippen molar-refractivity contribution in [3.8, 4) is 0 Å². The summed E-state index contributed by atoms with van der Waals surface area (Å²) in [6.07, 6.45) is 1.57. The van der Waals surface area contributed by atoms with E-state index < -0.39 is 0 Å². The molecule has 0 spiro atoms. The van der Waals surface area contributed by atoms with Gasteiger partial charge >= 0.3 is 0 Å². The number of hydrogen-bond acceptors (Lipinski definition) is 5. The highest BCUT2D eigenvalue weighted by atomic mass is 32.1. The van der Waals surface area contributed by atoms with Crippen molar-refractivity contribution >= 4 is 29.2 Å². The quantitative estimate of drug-likeness (QED) is 0.485. The van der Waals surface area contributed by atoms with Gasteiger partial charge in [-0.15, -0.1) is 0 Å². The van der Waals surface area contributed by atoms with E-state index in [0.29, 0.717) is 5.76 Å². The Kier molecular flexibility index (Phi) is 5.67. The van der Waals surface area contributed by atoms with E-state index in [-0.39, 0.29) is 5.11 Å². The van der Waals surface area contributed by atoms with Crippen molar-refractivity contribution in [1.29, 1.82) is 0 Å². The number of nitrogens with two attached hydrogens (primary N) is 1. The molecule has 0 bridgehead atoms. The van der Waals surface area contributed by atoms with Crippen LogP contribution in [0.4, 0.5) is 5.69 Å². The number of rotatable bonds is 5. The van der Waals surface area contributed by atoms with Gasteiger partial charge in [-0.3, -0.25) is 10.3 Å². The Hall–Kier alpha value is -2.38. The Balaban J connectivity index is 1.49. The molecule has 0 unspecified atom stereocenters. The highest BCUT2D eigenvalue weighted by Gasteiger charge is 2.18. The second-order valence-corrected chi connectivity index (χ2v) is 6.58. The lowest BCUT2D eigenvalue weighted by Crippen LogP contribution is -2.45. The van der Waals surface area contributed by atoms with Crippen LogP contribution in [0.3, 0.4) is 0 Å². The molecule has 7 heteroatoms. The molecule has 3 rings (SSSR count). The second kappa shape index (κ2) is 8.13. The molecule has 0 amide bonds. The number of hydrazone groups is 1. The van der Waals surface area contributed by atoms with Crippen molar-refractivity contribution in [3.63, 3.8) is 0 Å². The monoisotopic (exact) mass is 357 g/mol. The summed E-state index contributed by atoms with van der Waals surface area (Å²) in [7, 11) is 0. The maximum atomic E-state index is 5.76. The molecular weight excluding hydrogens is 334 g/mol. The van der Waals surface area contributed by atoms with Gasteiger partial charge in [0.25, 0.3) is 0 Å². The van der Waals surface area contributed by atoms with Gasteiger partial charge in [0.2, 0.25) is 0 Å². The van der Waals surface area contributed by atoms with Gasteiger partial charge in [0.15, 0.2) is 5.11 Å². The van der Waals surface area contributed by atoms with E-state index in [1.165, 1.54) is 11.3 Å². The van der Waals surface area contributed by atoms with Gasteiger partial charge in [-0.25, -0.2) is 0 Å². The van der Waals surface area contributed by atoms with Crippen LogP contribution >= 0.6 is 12.2 Å². The van der Waals surface area contributed by atoms with Crippen molar-refractivity contribution in [3.05, 3.63) is 53.5 Å². The Labute approximate surface area is 153 Å². The number of nitrogens with one attached hydrogen (secondary N) is 1. The standard InChI is InChI=1S/C18H23N5OS/c1-14-2-4-15(5-3-14)23-10-8-22(9-11-23)13-17-7-6-16(24-17)12-20-21-18(19)25/h2-7,12H,8-11,13H2,1H3,(H3,19,21,25). The lowest BCUT2D eigenvalue weighted by Gasteiger charge is -2.35. The summed E-state index contributed by atoms with van der Waals surface area (Å²) in [5.74, 6) is 1.61. The summed E-state index contributed by atoms with van der Waals surface area (Å²) in [6.45, 7) is 7.00. The van der Waals surface area contributed by atoms with Crippen molar-refractivity contribution in [1.82, 2.24) is 10.3 Å². The fraction of sp³-hybridized carbons (Fsp3) is 0.333. The van der Waals surface area contributed by atoms with Gasteiger partial charge < -0.3 is 15.1 Å². The summed E-state index contributed by atoms with van der Waals surface area (Å²) in [4.78, 5) is 4.83. The third-order valence-electron chi connectivity index (χ3n) is 4.20. The summed E-state index contributed by atoms with van der Waals surface area (Å²) < 4.78 is 5.76. The first-order valence-electron chi connectivity index (χ1n) is 8.31. The number of thiocarbonyl (C=S) groups is 1. The summed E-state index contributed by atoms with van der Waals surface area (Å²) in [6, 6.07) is 12.6. The number of aryl methyl sites for hydroxylation is 1. The van der Waals surface area contributed by atoms with Crippen LogP contribution in [0.1, 0.15) is 17.1 Å². The van der Waals surface area contributed by atoms with E-state index in [1.807, 2.05) is 12.1 Å². The molecular formula is C18H23N5OS. The van der Waals surface area contributed by atoms with Crippen molar-refractivity contribution in [2.75, 3.05) is 31.1 Å². The minimum Gasteiger partial charge on any atom is -0.459 e. The molecule has 1 aromatic heterocycles. The molecule has 6 nitrogen and oxygen atoms in total. The van der Waals surface area contributed by atoms with Crippen LogP contribution in [0.15, 0.2) is 45.9 Å². The summed E-state index contributed by atoms with van der Waals surface area (Å²) in [5.41, 5.74) is 10.4. The SMILES string of the molecule is Cc1ccc(N2CCN(Cc3ccc(C=NNC(N)=S)o3)CC2)cc1. The van der Waals surface area contributed by atoms with Gasteiger partial charge in [-0.2, -0.15) is 5.10 Å². The normalized spacial score (nSPS) is 15.6. The maximum Gasteiger partial charge on any atom is 0.184 e. The maximum absolute atomic E-state index is 5.76. The lowest BCUT2D eigenvalue weighted by molar-refractivity contribution is 0.230. The van der Waals surface area contributed by atoms with Crippen molar-refractivity contribution in [2.45, 2.75) is 13.5 Å². The van der Waals surface area contributed by atoms with E-state index in [1.54, 1.807) is 6.21 Å². The average Bonchev–Trinajstić information content (AvgIpc) is 3.03. The molecule has 25 heavy (non-hydrogen) atoms. The van der Waals surface area contributed by atoms with Crippen molar-refractivity contribution < 1.29 is 4.42 Å². The number of anilines is 1. The van der Waals surface area contributed by atoms with Crippen LogP contribution in [-0.2, 0) is 6.54 Å². The average molecular weight is 357 g/mol. The van der Waals surface area contributed by atoms with E-state index in [2.05, 4.69) is 63.7 Å². The van der Waals surface area contributed by atoms with Gasteiger partial charge in [0, 0.05) is 31.9 Å². The van der Waals surface area contributed by atoms with E-state index in [0.717, 1.165) is 38.5 Å². The lowest BCUT2D eigenvalue weighted by atomic mass is 10.2. The molecule has 0 radical (unpaired) electrons. The fourth-order valence-corrected chi connectivity index (χ4v) is 2.90. The first kappa shape index (κ1) is 17.4. The third-order valence-corrected chi connectivity index (χ3v) is 4.29.